The van der Waals surface area contributed by atoms with Crippen molar-refractivity contribution in [2.45, 2.75) is 19.8 Å². The van der Waals surface area contributed by atoms with Crippen molar-refractivity contribution < 1.29 is 4.79 Å². The summed E-state index contributed by atoms with van der Waals surface area (Å²) in [4.78, 5) is 18.0. The molecule has 0 spiro atoms. The molecule has 1 aromatic heterocycles. The summed E-state index contributed by atoms with van der Waals surface area (Å²) >= 11 is 0. The molecule has 1 aromatic rings. The molecule has 1 saturated carbocycles. The molecule has 17 heavy (non-hydrogen) atoms. The first kappa shape index (κ1) is 11.9. The van der Waals surface area contributed by atoms with Crippen LogP contribution in [0.4, 0.5) is 5.82 Å². The number of carbonyl (C=O) groups excluding carboxylic acids is 1. The molecule has 1 amide bonds. The van der Waals surface area contributed by atoms with Gasteiger partial charge in [-0.1, -0.05) is 0 Å². The molecule has 92 valence electrons. The zero-order chi connectivity index (χ0) is 12.3. The molecule has 1 heterocycles. The molecule has 0 aliphatic heterocycles. The Labute approximate surface area is 102 Å². The summed E-state index contributed by atoms with van der Waals surface area (Å²) in [5.41, 5.74) is 0.662. The van der Waals surface area contributed by atoms with Crippen LogP contribution < -0.4 is 5.32 Å². The number of carbonyl (C=O) groups is 1. The Morgan fingerprint density at radius 2 is 2.29 bits per heavy atom. The van der Waals surface area contributed by atoms with Gasteiger partial charge in [0.15, 0.2) is 0 Å². The molecule has 0 aromatic carbocycles. The number of rotatable bonds is 5. The van der Waals surface area contributed by atoms with Gasteiger partial charge in [0.25, 0.3) is 5.91 Å². The van der Waals surface area contributed by atoms with Gasteiger partial charge in [-0.15, -0.1) is 0 Å². The molecule has 0 atom stereocenters. The molecular weight excluding hydrogens is 214 g/mol. The number of nitrogens with zero attached hydrogens (tertiary/aromatic N) is 2. The fourth-order valence-corrected chi connectivity index (χ4v) is 1.80. The zero-order valence-corrected chi connectivity index (χ0v) is 10.4. The van der Waals surface area contributed by atoms with Gasteiger partial charge in [0.05, 0.1) is 5.56 Å². The van der Waals surface area contributed by atoms with E-state index >= 15 is 0 Å². The molecule has 0 bridgehead atoms. The van der Waals surface area contributed by atoms with Gasteiger partial charge in [0.2, 0.25) is 0 Å². The van der Waals surface area contributed by atoms with Crippen molar-refractivity contribution in [3.05, 3.63) is 23.9 Å². The Balaban J connectivity index is 1.97. The van der Waals surface area contributed by atoms with E-state index in [4.69, 9.17) is 0 Å². The maximum atomic E-state index is 12.0. The number of aromatic nitrogens is 1. The SMILES string of the molecule is CCNc1ccc(C(=O)N(C)CC2CC2)cn1. The van der Waals surface area contributed by atoms with Crippen LogP contribution >= 0.6 is 0 Å². The van der Waals surface area contributed by atoms with Crippen molar-refractivity contribution >= 4 is 11.7 Å². The van der Waals surface area contributed by atoms with E-state index in [0.29, 0.717) is 5.56 Å². The van der Waals surface area contributed by atoms with E-state index in [1.807, 2.05) is 26.1 Å². The summed E-state index contributed by atoms with van der Waals surface area (Å²) < 4.78 is 0. The molecule has 2 rings (SSSR count). The minimum absolute atomic E-state index is 0.0625. The van der Waals surface area contributed by atoms with Crippen molar-refractivity contribution in [1.82, 2.24) is 9.88 Å². The third-order valence-corrected chi connectivity index (χ3v) is 2.94. The first-order chi connectivity index (χ1) is 8.20. The molecule has 1 aliphatic carbocycles. The van der Waals surface area contributed by atoms with E-state index in [-0.39, 0.29) is 5.91 Å². The molecule has 1 aliphatic rings. The predicted molar refractivity (Wildman–Crippen MR) is 68.1 cm³/mol. The van der Waals surface area contributed by atoms with Crippen LogP contribution in [0, 0.1) is 5.92 Å². The van der Waals surface area contributed by atoms with Crippen LogP contribution in [0.3, 0.4) is 0 Å². The Bertz CT molecular complexity index is 384. The van der Waals surface area contributed by atoms with Crippen LogP contribution in [0.2, 0.25) is 0 Å². The molecule has 0 saturated heterocycles. The fourth-order valence-electron chi connectivity index (χ4n) is 1.80. The van der Waals surface area contributed by atoms with E-state index in [1.165, 1.54) is 12.8 Å². The van der Waals surface area contributed by atoms with Gasteiger partial charge in [-0.3, -0.25) is 4.79 Å². The number of nitrogens with one attached hydrogen (secondary N) is 1. The van der Waals surface area contributed by atoms with Crippen LogP contribution in [0.5, 0.6) is 0 Å². The van der Waals surface area contributed by atoms with Gasteiger partial charge < -0.3 is 10.2 Å². The van der Waals surface area contributed by atoms with Gasteiger partial charge in [-0.05, 0) is 37.8 Å². The van der Waals surface area contributed by atoms with Crippen LogP contribution in [0.1, 0.15) is 30.1 Å². The van der Waals surface area contributed by atoms with E-state index in [0.717, 1.165) is 24.8 Å². The summed E-state index contributed by atoms with van der Waals surface area (Å²) in [7, 11) is 1.86. The molecule has 4 nitrogen and oxygen atoms in total. The Morgan fingerprint density at radius 1 is 1.53 bits per heavy atom. The Kier molecular flexibility index (Phi) is 3.61. The van der Waals surface area contributed by atoms with Crippen LogP contribution in [-0.2, 0) is 0 Å². The monoisotopic (exact) mass is 233 g/mol. The van der Waals surface area contributed by atoms with Crippen molar-refractivity contribution in [3.8, 4) is 0 Å². The standard InChI is InChI=1S/C13H19N3O/c1-3-14-12-7-6-11(8-15-12)13(17)16(2)9-10-4-5-10/h6-8,10H,3-5,9H2,1-2H3,(H,14,15). The minimum Gasteiger partial charge on any atom is -0.370 e. The van der Waals surface area contributed by atoms with E-state index in [2.05, 4.69) is 10.3 Å². The lowest BCUT2D eigenvalue weighted by Crippen LogP contribution is -2.28. The molecule has 1 N–H and O–H groups in total. The van der Waals surface area contributed by atoms with E-state index in [1.54, 1.807) is 11.1 Å². The summed E-state index contributed by atoms with van der Waals surface area (Å²) in [6, 6.07) is 3.68. The minimum atomic E-state index is 0.0625. The number of hydrogen-bond donors (Lipinski definition) is 1. The first-order valence-corrected chi connectivity index (χ1v) is 6.16. The average molecular weight is 233 g/mol. The summed E-state index contributed by atoms with van der Waals surface area (Å²) in [5, 5.41) is 3.11. The second-order valence-electron chi connectivity index (χ2n) is 4.59. The highest BCUT2D eigenvalue weighted by molar-refractivity contribution is 5.93. The Hall–Kier alpha value is -1.58. The number of pyridine rings is 1. The van der Waals surface area contributed by atoms with Gasteiger partial charge in [-0.25, -0.2) is 4.98 Å². The number of anilines is 1. The second kappa shape index (κ2) is 5.17. The summed E-state index contributed by atoms with van der Waals surface area (Å²) in [5.74, 6) is 1.60. The van der Waals surface area contributed by atoms with Crippen LogP contribution in [0.25, 0.3) is 0 Å². The summed E-state index contributed by atoms with van der Waals surface area (Å²) in [6.45, 7) is 3.72. The quantitative estimate of drug-likeness (QED) is 0.846. The molecule has 0 radical (unpaired) electrons. The maximum Gasteiger partial charge on any atom is 0.255 e. The highest BCUT2D eigenvalue weighted by atomic mass is 16.2. The van der Waals surface area contributed by atoms with Crippen molar-refractivity contribution in [1.29, 1.82) is 0 Å². The number of hydrogen-bond acceptors (Lipinski definition) is 3. The largest absolute Gasteiger partial charge is 0.370 e. The molecule has 0 unspecified atom stereocenters. The lowest BCUT2D eigenvalue weighted by Gasteiger charge is -2.16. The van der Waals surface area contributed by atoms with E-state index in [9.17, 15) is 4.79 Å². The second-order valence-corrected chi connectivity index (χ2v) is 4.59. The lowest BCUT2D eigenvalue weighted by molar-refractivity contribution is 0.0788. The smallest absolute Gasteiger partial charge is 0.255 e. The maximum absolute atomic E-state index is 12.0. The third kappa shape index (κ3) is 3.19. The van der Waals surface area contributed by atoms with Gasteiger partial charge in [0, 0.05) is 26.3 Å². The predicted octanol–water partition coefficient (Wildman–Crippen LogP) is 2.00. The van der Waals surface area contributed by atoms with Crippen molar-refractivity contribution in [3.63, 3.8) is 0 Å². The Morgan fingerprint density at radius 3 is 2.82 bits per heavy atom. The van der Waals surface area contributed by atoms with Gasteiger partial charge >= 0.3 is 0 Å². The zero-order valence-electron chi connectivity index (χ0n) is 10.4. The van der Waals surface area contributed by atoms with Gasteiger partial charge in [0.1, 0.15) is 5.82 Å². The summed E-state index contributed by atoms with van der Waals surface area (Å²) in [6.07, 6.45) is 4.16. The van der Waals surface area contributed by atoms with Gasteiger partial charge in [-0.2, -0.15) is 0 Å². The highest BCUT2D eigenvalue weighted by Crippen LogP contribution is 2.29. The topological polar surface area (TPSA) is 45.2 Å². The molecule has 1 fully saturated rings. The average Bonchev–Trinajstić information content (AvgIpc) is 3.13. The lowest BCUT2D eigenvalue weighted by atomic mass is 10.2. The van der Waals surface area contributed by atoms with Crippen molar-refractivity contribution in [2.75, 3.05) is 25.5 Å². The third-order valence-electron chi connectivity index (χ3n) is 2.94. The fraction of sp³-hybridized carbons (Fsp3) is 0.538. The number of amides is 1. The van der Waals surface area contributed by atoms with Crippen molar-refractivity contribution in [2.24, 2.45) is 5.92 Å². The first-order valence-electron chi connectivity index (χ1n) is 6.16. The molecule has 4 heteroatoms. The van der Waals surface area contributed by atoms with E-state index < -0.39 is 0 Å². The van der Waals surface area contributed by atoms with Crippen LogP contribution in [0.15, 0.2) is 18.3 Å². The normalized spacial score (nSPS) is 14.5. The molecular formula is C13H19N3O. The van der Waals surface area contributed by atoms with Crippen LogP contribution in [-0.4, -0.2) is 35.9 Å². The highest BCUT2D eigenvalue weighted by Gasteiger charge is 2.25.